The summed E-state index contributed by atoms with van der Waals surface area (Å²) in [6.45, 7) is 7.32. The van der Waals surface area contributed by atoms with E-state index in [9.17, 15) is 14.9 Å². The van der Waals surface area contributed by atoms with Gasteiger partial charge in [-0.15, -0.1) is 0 Å². The smallest absolute Gasteiger partial charge is 0.338 e. The Morgan fingerprint density at radius 3 is 2.70 bits per heavy atom. The van der Waals surface area contributed by atoms with Crippen LogP contribution in [0.15, 0.2) is 54.6 Å². The van der Waals surface area contributed by atoms with Gasteiger partial charge in [0.05, 0.1) is 34.3 Å². The molecule has 2 aromatic heterocycles. The molecule has 2 heterocycles. The molecule has 11 nitrogen and oxygen atoms in total. The van der Waals surface area contributed by atoms with Crippen LogP contribution in [0, 0.1) is 24.0 Å². The molecule has 0 saturated heterocycles. The Morgan fingerprint density at radius 2 is 1.97 bits per heavy atom. The number of carbonyl (C=O) groups excluding carboxylic acids is 1. The number of methoxy groups -OCH3 is 1. The maximum absolute atomic E-state index is 11.8. The van der Waals surface area contributed by atoms with Gasteiger partial charge in [0.1, 0.15) is 11.5 Å². The third kappa shape index (κ3) is 5.45. The molecule has 0 atom stereocenters. The predicted molar refractivity (Wildman–Crippen MR) is 142 cm³/mol. The number of ether oxygens (including phenoxy) is 1. The van der Waals surface area contributed by atoms with E-state index < -0.39 is 10.9 Å². The summed E-state index contributed by atoms with van der Waals surface area (Å²) in [5.74, 6) is 0.936. The molecule has 0 radical (unpaired) electrons. The molecule has 0 aliphatic rings. The minimum absolute atomic E-state index is 0.138. The highest BCUT2D eigenvalue weighted by atomic mass is 16.6. The molecular weight excluding hydrogens is 474 g/mol. The first-order valence-corrected chi connectivity index (χ1v) is 11.8. The van der Waals surface area contributed by atoms with Gasteiger partial charge in [-0.25, -0.2) is 14.5 Å². The Hall–Kier alpha value is -4.67. The summed E-state index contributed by atoms with van der Waals surface area (Å²) in [6, 6.07) is 12.7. The molecule has 4 aromatic rings. The number of rotatable bonds is 10. The zero-order valence-corrected chi connectivity index (χ0v) is 21.2. The fraction of sp³-hybridized carbons (Fsp3) is 0.269. The van der Waals surface area contributed by atoms with Crippen LogP contribution in [0.1, 0.15) is 28.5 Å². The number of fused-ring (bicyclic) bond motifs is 1. The standard InChI is InChI=1S/C26H29N7O4/c1-5-32-23(15-18(3)30-32)29-26-28-20-10-6-7-11-21(20)31(26)13-9-8-12-27-24-17(2)14-19(25(34)37-4)16-22(24)33(35)36/h6-11,14-16,27H,5,12-13H2,1-4H3,(H,28,29)/b9-8+. The van der Waals surface area contributed by atoms with Crippen LogP contribution in [-0.4, -0.2) is 43.9 Å². The first kappa shape index (κ1) is 25.4. The molecule has 2 N–H and O–H groups in total. The summed E-state index contributed by atoms with van der Waals surface area (Å²) in [5.41, 5.74) is 3.67. The van der Waals surface area contributed by atoms with E-state index in [4.69, 9.17) is 9.72 Å². The SMILES string of the molecule is CCn1nc(C)cc1Nc1nc2ccccc2n1C/C=C/CNc1c(C)cc(C(=O)OC)cc1[N+](=O)[O-]. The Balaban J connectivity index is 1.52. The van der Waals surface area contributed by atoms with Crippen molar-refractivity contribution in [1.82, 2.24) is 19.3 Å². The highest BCUT2D eigenvalue weighted by Gasteiger charge is 2.20. The van der Waals surface area contributed by atoms with E-state index in [2.05, 4.69) is 20.3 Å². The molecule has 0 spiro atoms. The fourth-order valence-electron chi connectivity index (χ4n) is 4.16. The summed E-state index contributed by atoms with van der Waals surface area (Å²) in [7, 11) is 1.24. The van der Waals surface area contributed by atoms with Crippen LogP contribution in [0.5, 0.6) is 0 Å². The lowest BCUT2D eigenvalue weighted by Gasteiger charge is -2.11. The third-order valence-corrected chi connectivity index (χ3v) is 5.88. The largest absolute Gasteiger partial charge is 0.465 e. The Labute approximate surface area is 213 Å². The molecule has 37 heavy (non-hydrogen) atoms. The highest BCUT2D eigenvalue weighted by molar-refractivity contribution is 5.92. The van der Waals surface area contributed by atoms with Crippen molar-refractivity contribution in [2.45, 2.75) is 33.9 Å². The second-order valence-electron chi connectivity index (χ2n) is 8.43. The highest BCUT2D eigenvalue weighted by Crippen LogP contribution is 2.30. The van der Waals surface area contributed by atoms with E-state index in [1.807, 2.05) is 61.0 Å². The average molecular weight is 504 g/mol. The lowest BCUT2D eigenvalue weighted by Crippen LogP contribution is -2.09. The van der Waals surface area contributed by atoms with Gasteiger partial charge in [-0.1, -0.05) is 24.3 Å². The molecule has 0 saturated carbocycles. The average Bonchev–Trinajstić information content (AvgIpc) is 3.42. The number of nitro benzene ring substituents is 1. The number of imidazole rings is 1. The molecule has 11 heteroatoms. The Bertz CT molecular complexity index is 1490. The van der Waals surface area contributed by atoms with Crippen molar-refractivity contribution in [3.05, 3.63) is 81.6 Å². The van der Waals surface area contributed by atoms with Crippen molar-refractivity contribution in [1.29, 1.82) is 0 Å². The van der Waals surface area contributed by atoms with Gasteiger partial charge in [0.2, 0.25) is 5.95 Å². The molecular formula is C26H29N7O4. The number of para-hydroxylation sites is 2. The van der Waals surface area contributed by atoms with Gasteiger partial charge in [0, 0.05) is 31.8 Å². The van der Waals surface area contributed by atoms with Crippen molar-refractivity contribution < 1.29 is 14.5 Å². The number of nitrogens with one attached hydrogen (secondary N) is 2. The molecule has 0 fully saturated rings. The number of nitro groups is 1. The van der Waals surface area contributed by atoms with Crippen molar-refractivity contribution >= 4 is 40.1 Å². The zero-order valence-electron chi connectivity index (χ0n) is 21.2. The number of hydrogen-bond donors (Lipinski definition) is 2. The van der Waals surface area contributed by atoms with E-state index in [-0.39, 0.29) is 11.3 Å². The van der Waals surface area contributed by atoms with E-state index in [0.717, 1.165) is 29.1 Å². The normalized spacial score (nSPS) is 11.2. The van der Waals surface area contributed by atoms with Crippen molar-refractivity contribution in [2.24, 2.45) is 0 Å². The molecule has 0 aliphatic heterocycles. The van der Waals surface area contributed by atoms with Gasteiger partial charge in [-0.2, -0.15) is 5.10 Å². The zero-order chi connectivity index (χ0) is 26.5. The molecule has 0 aliphatic carbocycles. The number of esters is 1. The van der Waals surface area contributed by atoms with E-state index in [1.165, 1.54) is 13.2 Å². The molecule has 2 aromatic carbocycles. The summed E-state index contributed by atoms with van der Waals surface area (Å²) in [4.78, 5) is 27.7. The Kier molecular flexibility index (Phi) is 7.52. The number of anilines is 3. The van der Waals surface area contributed by atoms with E-state index in [0.29, 0.717) is 30.3 Å². The van der Waals surface area contributed by atoms with E-state index in [1.54, 1.807) is 13.0 Å². The Morgan fingerprint density at radius 1 is 1.19 bits per heavy atom. The molecule has 0 unspecified atom stereocenters. The number of nitrogens with zero attached hydrogens (tertiary/aromatic N) is 5. The maximum atomic E-state index is 11.8. The van der Waals surface area contributed by atoms with Crippen molar-refractivity contribution in [2.75, 3.05) is 24.3 Å². The first-order chi connectivity index (χ1) is 17.8. The van der Waals surface area contributed by atoms with E-state index >= 15 is 0 Å². The second-order valence-corrected chi connectivity index (χ2v) is 8.43. The minimum atomic E-state index is -0.619. The fourth-order valence-corrected chi connectivity index (χ4v) is 4.16. The van der Waals surface area contributed by atoms with Crippen molar-refractivity contribution in [3.63, 3.8) is 0 Å². The molecule has 4 rings (SSSR count). The predicted octanol–water partition coefficient (Wildman–Crippen LogP) is 4.98. The quantitative estimate of drug-likeness (QED) is 0.134. The van der Waals surface area contributed by atoms with Gasteiger partial charge in [-0.3, -0.25) is 10.1 Å². The van der Waals surface area contributed by atoms with Crippen LogP contribution in [0.4, 0.5) is 23.1 Å². The third-order valence-electron chi connectivity index (χ3n) is 5.88. The number of aromatic nitrogens is 4. The summed E-state index contributed by atoms with van der Waals surface area (Å²) < 4.78 is 8.65. The van der Waals surface area contributed by atoms with Crippen LogP contribution < -0.4 is 10.6 Å². The van der Waals surface area contributed by atoms with Gasteiger partial charge in [-0.05, 0) is 44.5 Å². The van der Waals surface area contributed by atoms with Crippen molar-refractivity contribution in [3.8, 4) is 0 Å². The number of allylic oxidation sites excluding steroid dienone is 1. The lowest BCUT2D eigenvalue weighted by atomic mass is 10.1. The van der Waals surface area contributed by atoms with Crippen LogP contribution in [0.3, 0.4) is 0 Å². The topological polar surface area (TPSA) is 129 Å². The van der Waals surface area contributed by atoms with Gasteiger partial charge >= 0.3 is 5.97 Å². The number of carbonyl (C=O) groups is 1. The molecule has 0 amide bonds. The van der Waals surface area contributed by atoms with Crippen LogP contribution in [0.2, 0.25) is 0 Å². The molecule has 192 valence electrons. The van der Waals surface area contributed by atoms with Crippen LogP contribution in [0.25, 0.3) is 11.0 Å². The number of benzene rings is 2. The summed E-state index contributed by atoms with van der Waals surface area (Å²) in [6.07, 6.45) is 3.87. The van der Waals surface area contributed by atoms with Crippen LogP contribution in [-0.2, 0) is 17.8 Å². The van der Waals surface area contributed by atoms with Gasteiger partial charge < -0.3 is 19.9 Å². The number of aryl methyl sites for hydroxylation is 3. The first-order valence-electron chi connectivity index (χ1n) is 11.8. The van der Waals surface area contributed by atoms with Gasteiger partial charge in [0.15, 0.2) is 0 Å². The minimum Gasteiger partial charge on any atom is -0.465 e. The summed E-state index contributed by atoms with van der Waals surface area (Å²) >= 11 is 0. The monoisotopic (exact) mass is 503 g/mol. The van der Waals surface area contributed by atoms with Gasteiger partial charge in [0.25, 0.3) is 5.69 Å². The van der Waals surface area contributed by atoms with Crippen LogP contribution >= 0.6 is 0 Å². The lowest BCUT2D eigenvalue weighted by molar-refractivity contribution is -0.384. The number of hydrogen-bond acceptors (Lipinski definition) is 8. The maximum Gasteiger partial charge on any atom is 0.338 e. The summed E-state index contributed by atoms with van der Waals surface area (Å²) in [5, 5.41) is 22.6. The molecule has 0 bridgehead atoms. The second kappa shape index (κ2) is 10.9.